The van der Waals surface area contributed by atoms with Crippen LogP contribution in [0.4, 0.5) is 4.39 Å². The van der Waals surface area contributed by atoms with E-state index in [1.54, 1.807) is 6.07 Å². The van der Waals surface area contributed by atoms with Crippen LogP contribution in [0.2, 0.25) is 0 Å². The van der Waals surface area contributed by atoms with Gasteiger partial charge in [-0.25, -0.2) is 4.39 Å². The third kappa shape index (κ3) is 3.21. The highest BCUT2D eigenvalue weighted by Crippen LogP contribution is 2.28. The lowest BCUT2D eigenvalue weighted by molar-refractivity contribution is 0.616. The van der Waals surface area contributed by atoms with Crippen LogP contribution in [0.3, 0.4) is 0 Å². The second kappa shape index (κ2) is 6.48. The van der Waals surface area contributed by atoms with E-state index in [-0.39, 0.29) is 5.82 Å². The number of hydrogen-bond donors (Lipinski definition) is 0. The van der Waals surface area contributed by atoms with Crippen LogP contribution in [0.1, 0.15) is 17.0 Å². The molecule has 3 heteroatoms. The van der Waals surface area contributed by atoms with Crippen molar-refractivity contribution in [3.05, 3.63) is 69.9 Å². The first-order valence-corrected chi connectivity index (χ1v) is 7.67. The summed E-state index contributed by atoms with van der Waals surface area (Å²) < 4.78 is 14.1. The fraction of sp³-hybridized carbons (Fsp3) is 0.200. The zero-order valence-corrected chi connectivity index (χ0v) is 12.9. The maximum absolute atomic E-state index is 13.5. The Kier molecular flexibility index (Phi) is 4.95. The van der Waals surface area contributed by atoms with Gasteiger partial charge in [0.15, 0.2) is 0 Å². The first-order valence-electron chi connectivity index (χ1n) is 5.76. The van der Waals surface area contributed by atoms with Crippen LogP contribution < -0.4 is 0 Å². The molecule has 0 aliphatic heterocycles. The van der Waals surface area contributed by atoms with Gasteiger partial charge in [0, 0.05) is 5.33 Å². The van der Waals surface area contributed by atoms with Gasteiger partial charge >= 0.3 is 0 Å². The van der Waals surface area contributed by atoms with E-state index in [1.165, 1.54) is 11.6 Å². The largest absolute Gasteiger partial charge is 0.206 e. The van der Waals surface area contributed by atoms with Crippen LogP contribution in [-0.4, -0.2) is 5.33 Å². The lowest BCUT2D eigenvalue weighted by Crippen LogP contribution is -2.05. The molecule has 0 N–H and O–H groups in total. The van der Waals surface area contributed by atoms with Gasteiger partial charge in [0.1, 0.15) is 5.82 Å². The van der Waals surface area contributed by atoms with Crippen LogP contribution in [0.15, 0.2) is 53.0 Å². The van der Waals surface area contributed by atoms with Crippen molar-refractivity contribution < 1.29 is 4.39 Å². The first kappa shape index (κ1) is 13.8. The fourth-order valence-corrected chi connectivity index (χ4v) is 2.99. The van der Waals surface area contributed by atoms with Crippen LogP contribution >= 0.6 is 31.9 Å². The van der Waals surface area contributed by atoms with E-state index in [4.69, 9.17) is 0 Å². The second-order valence-corrected chi connectivity index (χ2v) is 5.62. The van der Waals surface area contributed by atoms with Gasteiger partial charge in [-0.05, 0) is 45.5 Å². The van der Waals surface area contributed by atoms with Crippen molar-refractivity contribution in [2.75, 3.05) is 5.33 Å². The minimum atomic E-state index is -0.200. The SMILES string of the molecule is Fc1cccc(CC(CBr)c2ccccc2)c1Br. The molecule has 0 aliphatic rings. The van der Waals surface area contributed by atoms with Crippen molar-refractivity contribution in [3.8, 4) is 0 Å². The number of hydrogen-bond acceptors (Lipinski definition) is 0. The maximum Gasteiger partial charge on any atom is 0.137 e. The van der Waals surface area contributed by atoms with Crippen molar-refractivity contribution in [3.63, 3.8) is 0 Å². The van der Waals surface area contributed by atoms with Crippen molar-refractivity contribution in [1.29, 1.82) is 0 Å². The lowest BCUT2D eigenvalue weighted by atomic mass is 9.94. The molecule has 94 valence electrons. The highest BCUT2D eigenvalue weighted by molar-refractivity contribution is 9.10. The standard InChI is InChI=1S/C15H13Br2F/c16-10-13(11-5-2-1-3-6-11)9-12-7-4-8-14(18)15(12)17/h1-8,13H,9-10H2. The molecule has 0 radical (unpaired) electrons. The third-order valence-electron chi connectivity index (χ3n) is 2.96. The Bertz CT molecular complexity index is 511. The van der Waals surface area contributed by atoms with Crippen LogP contribution in [0.5, 0.6) is 0 Å². The molecule has 1 unspecified atom stereocenters. The van der Waals surface area contributed by atoms with Gasteiger partial charge in [0.05, 0.1) is 4.47 Å². The van der Waals surface area contributed by atoms with Crippen molar-refractivity contribution >= 4 is 31.9 Å². The molecular formula is C15H13Br2F. The summed E-state index contributed by atoms with van der Waals surface area (Å²) in [6.45, 7) is 0. The third-order valence-corrected chi connectivity index (χ3v) is 4.62. The predicted molar refractivity (Wildman–Crippen MR) is 80.8 cm³/mol. The fourth-order valence-electron chi connectivity index (χ4n) is 1.96. The van der Waals surface area contributed by atoms with E-state index in [2.05, 4.69) is 44.0 Å². The van der Waals surface area contributed by atoms with E-state index in [0.717, 1.165) is 17.3 Å². The number of halogens is 3. The molecular weight excluding hydrogens is 359 g/mol. The van der Waals surface area contributed by atoms with Crippen LogP contribution in [0.25, 0.3) is 0 Å². The zero-order chi connectivity index (χ0) is 13.0. The van der Waals surface area contributed by atoms with Crippen LogP contribution in [-0.2, 0) is 6.42 Å². The van der Waals surface area contributed by atoms with Crippen molar-refractivity contribution in [1.82, 2.24) is 0 Å². The lowest BCUT2D eigenvalue weighted by Gasteiger charge is -2.15. The number of alkyl halides is 1. The van der Waals surface area contributed by atoms with E-state index < -0.39 is 0 Å². The highest BCUT2D eigenvalue weighted by Gasteiger charge is 2.14. The minimum Gasteiger partial charge on any atom is -0.206 e. The molecule has 18 heavy (non-hydrogen) atoms. The molecule has 0 aliphatic carbocycles. The molecule has 0 amide bonds. The van der Waals surface area contributed by atoms with Gasteiger partial charge in [-0.1, -0.05) is 58.4 Å². The summed E-state index contributed by atoms with van der Waals surface area (Å²) in [5, 5.41) is 0.861. The molecule has 1 atom stereocenters. The summed E-state index contributed by atoms with van der Waals surface area (Å²) >= 11 is 6.86. The molecule has 2 aromatic rings. The molecule has 0 aromatic heterocycles. The van der Waals surface area contributed by atoms with E-state index in [0.29, 0.717) is 10.4 Å². The molecule has 2 aromatic carbocycles. The predicted octanol–water partition coefficient (Wildman–Crippen LogP) is 5.31. The van der Waals surface area contributed by atoms with E-state index in [9.17, 15) is 4.39 Å². The molecule has 0 bridgehead atoms. The minimum absolute atomic E-state index is 0.200. The van der Waals surface area contributed by atoms with Gasteiger partial charge in [-0.2, -0.15) is 0 Å². The van der Waals surface area contributed by atoms with Crippen molar-refractivity contribution in [2.45, 2.75) is 12.3 Å². The van der Waals surface area contributed by atoms with E-state index >= 15 is 0 Å². The molecule has 0 heterocycles. The Morgan fingerprint density at radius 2 is 1.72 bits per heavy atom. The Morgan fingerprint density at radius 3 is 2.39 bits per heavy atom. The summed E-state index contributed by atoms with van der Waals surface area (Å²) in [5.41, 5.74) is 2.27. The van der Waals surface area contributed by atoms with Crippen molar-refractivity contribution in [2.24, 2.45) is 0 Å². The normalized spacial score (nSPS) is 12.4. The smallest absolute Gasteiger partial charge is 0.137 e. The molecule has 0 fully saturated rings. The topological polar surface area (TPSA) is 0 Å². The zero-order valence-electron chi connectivity index (χ0n) is 9.74. The number of rotatable bonds is 4. The molecule has 0 nitrogen and oxygen atoms in total. The van der Waals surface area contributed by atoms with Gasteiger partial charge in [-0.3, -0.25) is 0 Å². The Hall–Kier alpha value is -0.670. The summed E-state index contributed by atoms with van der Waals surface area (Å²) in [4.78, 5) is 0. The Balaban J connectivity index is 2.24. The molecule has 0 spiro atoms. The molecule has 0 saturated heterocycles. The molecule has 2 rings (SSSR count). The van der Waals surface area contributed by atoms with Gasteiger partial charge < -0.3 is 0 Å². The summed E-state index contributed by atoms with van der Waals surface area (Å²) in [7, 11) is 0. The Labute approximate surface area is 123 Å². The summed E-state index contributed by atoms with van der Waals surface area (Å²) in [5.74, 6) is 0.151. The molecule has 0 saturated carbocycles. The average molecular weight is 372 g/mol. The second-order valence-electron chi connectivity index (χ2n) is 4.18. The highest BCUT2D eigenvalue weighted by atomic mass is 79.9. The van der Waals surface area contributed by atoms with Gasteiger partial charge in [0.25, 0.3) is 0 Å². The number of benzene rings is 2. The Morgan fingerprint density at radius 1 is 1.00 bits per heavy atom. The van der Waals surface area contributed by atoms with E-state index in [1.807, 2.05) is 24.3 Å². The van der Waals surface area contributed by atoms with Crippen LogP contribution in [0, 0.1) is 5.82 Å². The summed E-state index contributed by atoms with van der Waals surface area (Å²) in [6, 6.07) is 15.5. The quantitative estimate of drug-likeness (QED) is 0.639. The first-order chi connectivity index (χ1) is 8.72. The summed E-state index contributed by atoms with van der Waals surface area (Å²) in [6.07, 6.45) is 0.813. The monoisotopic (exact) mass is 370 g/mol. The van der Waals surface area contributed by atoms with Gasteiger partial charge in [-0.15, -0.1) is 0 Å². The van der Waals surface area contributed by atoms with Gasteiger partial charge in [0.2, 0.25) is 0 Å². The average Bonchev–Trinajstić information content (AvgIpc) is 2.41. The maximum atomic E-state index is 13.5.